The van der Waals surface area contributed by atoms with Crippen molar-refractivity contribution in [2.75, 3.05) is 5.32 Å². The largest absolute Gasteiger partial charge is 0.419 e. The Balaban J connectivity index is 1.43. The number of pyridine rings is 1. The van der Waals surface area contributed by atoms with Crippen molar-refractivity contribution >= 4 is 28.8 Å². The van der Waals surface area contributed by atoms with Crippen molar-refractivity contribution in [1.29, 1.82) is 0 Å². The molecule has 0 aliphatic carbocycles. The van der Waals surface area contributed by atoms with Gasteiger partial charge in [0.15, 0.2) is 0 Å². The average molecular weight is 516 g/mol. The van der Waals surface area contributed by atoms with Gasteiger partial charge in [0.2, 0.25) is 0 Å². The number of benzene rings is 1. The van der Waals surface area contributed by atoms with Gasteiger partial charge in [0.05, 0.1) is 23.5 Å². The molecule has 0 fully saturated rings. The zero-order chi connectivity index (χ0) is 25.9. The van der Waals surface area contributed by atoms with Crippen LogP contribution in [0.2, 0.25) is 0 Å². The summed E-state index contributed by atoms with van der Waals surface area (Å²) in [7, 11) is 0. The summed E-state index contributed by atoms with van der Waals surface area (Å²) < 4.78 is 52.2. The predicted molar refractivity (Wildman–Crippen MR) is 123 cm³/mol. The van der Waals surface area contributed by atoms with Crippen LogP contribution in [0.15, 0.2) is 61.3 Å². The monoisotopic (exact) mass is 516 g/mol. The molecule has 0 spiro atoms. The number of nitrogens with one attached hydrogen (secondary N) is 2. The fraction of sp³-hybridized carbons (Fsp3) is 0.130. The molecule has 3 heterocycles. The van der Waals surface area contributed by atoms with Crippen molar-refractivity contribution in [2.24, 2.45) is 0 Å². The third-order valence-electron chi connectivity index (χ3n) is 4.87. The molecule has 4 aromatic rings. The van der Waals surface area contributed by atoms with Crippen molar-refractivity contribution in [3.8, 4) is 11.3 Å². The van der Waals surface area contributed by atoms with Crippen LogP contribution in [0, 0.1) is 5.82 Å². The molecule has 0 bridgehead atoms. The predicted octanol–water partition coefficient (Wildman–Crippen LogP) is 4.90. The van der Waals surface area contributed by atoms with Gasteiger partial charge >= 0.3 is 6.18 Å². The van der Waals surface area contributed by atoms with Crippen LogP contribution >= 0.6 is 11.3 Å². The molecule has 2 amide bonds. The van der Waals surface area contributed by atoms with Crippen molar-refractivity contribution in [3.63, 3.8) is 0 Å². The van der Waals surface area contributed by atoms with Crippen LogP contribution < -0.4 is 10.6 Å². The zero-order valence-electron chi connectivity index (χ0n) is 18.4. The van der Waals surface area contributed by atoms with Gasteiger partial charge < -0.3 is 10.6 Å². The summed E-state index contributed by atoms with van der Waals surface area (Å²) in [5.41, 5.74) is -0.298. The van der Waals surface area contributed by atoms with Crippen molar-refractivity contribution in [3.05, 3.63) is 88.3 Å². The summed E-state index contributed by atoms with van der Waals surface area (Å²) in [5.74, 6) is -2.66. The average Bonchev–Trinajstić information content (AvgIpc) is 3.36. The number of amides is 2. The number of nitrogens with zero attached hydrogens (tertiary/aromatic N) is 4. The van der Waals surface area contributed by atoms with E-state index in [9.17, 15) is 27.2 Å². The Hall–Kier alpha value is -4.26. The van der Waals surface area contributed by atoms with E-state index in [-0.39, 0.29) is 16.3 Å². The highest BCUT2D eigenvalue weighted by Crippen LogP contribution is 2.33. The Morgan fingerprint density at radius 3 is 2.47 bits per heavy atom. The second-order valence-corrected chi connectivity index (χ2v) is 8.49. The van der Waals surface area contributed by atoms with Gasteiger partial charge in [-0.3, -0.25) is 14.6 Å². The van der Waals surface area contributed by atoms with E-state index >= 15 is 0 Å². The lowest BCUT2D eigenvalue weighted by Crippen LogP contribution is -2.27. The maximum atomic E-state index is 13.5. The van der Waals surface area contributed by atoms with Crippen molar-refractivity contribution in [2.45, 2.75) is 19.1 Å². The van der Waals surface area contributed by atoms with Crippen LogP contribution in [-0.2, 0) is 6.18 Å². The van der Waals surface area contributed by atoms with Crippen LogP contribution in [-0.4, -0.2) is 31.8 Å². The fourth-order valence-electron chi connectivity index (χ4n) is 3.10. The number of alkyl halides is 3. The zero-order valence-corrected chi connectivity index (χ0v) is 19.2. The summed E-state index contributed by atoms with van der Waals surface area (Å²) in [5, 5.41) is 5.41. The maximum Gasteiger partial charge on any atom is 0.419 e. The first-order valence-electron chi connectivity index (χ1n) is 10.3. The minimum atomic E-state index is -4.90. The molecule has 184 valence electrons. The number of rotatable bonds is 6. The summed E-state index contributed by atoms with van der Waals surface area (Å²) in [4.78, 5) is 41.5. The summed E-state index contributed by atoms with van der Waals surface area (Å²) in [6.07, 6.45) is 0.791. The molecular formula is C23H16F4N6O2S. The lowest BCUT2D eigenvalue weighted by molar-refractivity contribution is -0.139. The Kier molecular flexibility index (Phi) is 7.01. The highest BCUT2D eigenvalue weighted by molar-refractivity contribution is 7.13. The SMILES string of the molecule is CC(NC(=O)c1cc(-c2ccncc2)ncn1)c1ncc(C(=O)Nc2ccc(F)c(C(F)(F)F)c2)s1. The molecule has 0 aliphatic heterocycles. The summed E-state index contributed by atoms with van der Waals surface area (Å²) in [6, 6.07) is 6.56. The Bertz CT molecular complexity index is 1410. The molecule has 36 heavy (non-hydrogen) atoms. The van der Waals surface area contributed by atoms with E-state index in [1.54, 1.807) is 31.5 Å². The Morgan fingerprint density at radius 2 is 1.75 bits per heavy atom. The minimum absolute atomic E-state index is 0.0889. The standard InChI is InChI=1S/C23H16F4N6O2S/c1-12(32-20(34)18-9-17(30-11-31-18)13-4-6-28-7-5-13)22-29-10-19(36-22)21(35)33-14-2-3-16(24)15(8-14)23(25,26)27/h2-12H,1H3,(H,32,34)(H,33,35). The molecule has 1 unspecified atom stereocenters. The molecule has 0 radical (unpaired) electrons. The third-order valence-corrected chi connectivity index (χ3v) is 6.05. The van der Waals surface area contributed by atoms with E-state index in [4.69, 9.17) is 0 Å². The van der Waals surface area contributed by atoms with Gasteiger partial charge in [-0.1, -0.05) is 0 Å². The lowest BCUT2D eigenvalue weighted by atomic mass is 10.1. The van der Waals surface area contributed by atoms with Gasteiger partial charge in [0.1, 0.15) is 27.7 Å². The number of hydrogen-bond donors (Lipinski definition) is 2. The Labute approximate surface area is 205 Å². The van der Waals surface area contributed by atoms with Crippen LogP contribution in [0.5, 0.6) is 0 Å². The number of carbonyl (C=O) groups is 2. The number of halogens is 4. The topological polar surface area (TPSA) is 110 Å². The van der Waals surface area contributed by atoms with Crippen molar-refractivity contribution < 1.29 is 27.2 Å². The third kappa shape index (κ3) is 5.68. The smallest absolute Gasteiger partial charge is 0.342 e. The number of thiazole rings is 1. The molecule has 4 rings (SSSR count). The highest BCUT2D eigenvalue weighted by atomic mass is 32.1. The van der Waals surface area contributed by atoms with Crippen LogP contribution in [0.3, 0.4) is 0 Å². The molecule has 3 aromatic heterocycles. The van der Waals surface area contributed by atoms with E-state index in [0.717, 1.165) is 23.0 Å². The van der Waals surface area contributed by atoms with Crippen LogP contribution in [0.25, 0.3) is 11.3 Å². The lowest BCUT2D eigenvalue weighted by Gasteiger charge is -2.11. The van der Waals surface area contributed by atoms with E-state index in [2.05, 4.69) is 30.6 Å². The second kappa shape index (κ2) is 10.2. The number of anilines is 1. The quantitative estimate of drug-likeness (QED) is 0.353. The molecule has 8 nitrogen and oxygen atoms in total. The summed E-state index contributed by atoms with van der Waals surface area (Å²) >= 11 is 0.945. The van der Waals surface area contributed by atoms with Crippen LogP contribution in [0.1, 0.15) is 43.7 Å². The first-order chi connectivity index (χ1) is 17.1. The highest BCUT2D eigenvalue weighted by Gasteiger charge is 2.34. The number of hydrogen-bond acceptors (Lipinski definition) is 7. The van der Waals surface area contributed by atoms with Gasteiger partial charge in [-0.2, -0.15) is 13.2 Å². The second-order valence-electron chi connectivity index (χ2n) is 7.43. The van der Waals surface area contributed by atoms with Crippen molar-refractivity contribution in [1.82, 2.24) is 25.3 Å². The van der Waals surface area contributed by atoms with Gasteiger partial charge in [-0.05, 0) is 43.3 Å². The minimum Gasteiger partial charge on any atom is -0.342 e. The van der Waals surface area contributed by atoms with E-state index in [1.165, 1.54) is 18.6 Å². The van der Waals surface area contributed by atoms with Gasteiger partial charge in [0, 0.05) is 23.6 Å². The summed E-state index contributed by atoms with van der Waals surface area (Å²) in [6.45, 7) is 1.65. The number of aromatic nitrogens is 4. The molecular weight excluding hydrogens is 500 g/mol. The Morgan fingerprint density at radius 1 is 1.00 bits per heavy atom. The fourth-order valence-corrected chi connectivity index (χ4v) is 3.92. The van der Waals surface area contributed by atoms with Gasteiger partial charge in [-0.25, -0.2) is 19.3 Å². The molecule has 0 saturated heterocycles. The van der Waals surface area contributed by atoms with E-state index in [0.29, 0.717) is 22.8 Å². The van der Waals surface area contributed by atoms with Crippen LogP contribution in [0.4, 0.5) is 23.2 Å². The first kappa shape index (κ1) is 24.9. The first-order valence-corrected chi connectivity index (χ1v) is 11.1. The molecule has 1 atom stereocenters. The molecule has 0 aliphatic rings. The molecule has 0 saturated carbocycles. The van der Waals surface area contributed by atoms with Gasteiger partial charge in [-0.15, -0.1) is 11.3 Å². The van der Waals surface area contributed by atoms with E-state index < -0.39 is 35.4 Å². The number of carbonyl (C=O) groups excluding carboxylic acids is 2. The maximum absolute atomic E-state index is 13.5. The molecule has 13 heteroatoms. The molecule has 2 N–H and O–H groups in total. The normalized spacial score (nSPS) is 12.1. The van der Waals surface area contributed by atoms with Gasteiger partial charge in [0.25, 0.3) is 11.8 Å². The van der Waals surface area contributed by atoms with E-state index in [1.807, 2.05) is 0 Å². The molecule has 1 aromatic carbocycles.